The van der Waals surface area contributed by atoms with E-state index >= 15 is 0 Å². The van der Waals surface area contributed by atoms with E-state index in [4.69, 9.17) is 4.74 Å². The SMILES string of the molecule is COCCCN[C@@H](C)c1ccc(N2CCCCCC2)c(F)c1. The van der Waals surface area contributed by atoms with Crippen molar-refractivity contribution in [3.05, 3.63) is 29.6 Å². The van der Waals surface area contributed by atoms with Crippen molar-refractivity contribution in [3.63, 3.8) is 0 Å². The number of ether oxygens (including phenoxy) is 1. The molecule has 1 aromatic carbocycles. The van der Waals surface area contributed by atoms with E-state index in [1.54, 1.807) is 13.2 Å². The standard InChI is InChI=1S/C18H29FN2O/c1-15(20-10-7-13-22-2)16-8-9-18(17(19)14-16)21-11-5-3-4-6-12-21/h8-9,14-15,20H,3-7,10-13H2,1-2H3/t15-/m0/s1. The summed E-state index contributed by atoms with van der Waals surface area (Å²) in [4.78, 5) is 2.20. The zero-order valence-corrected chi connectivity index (χ0v) is 13.9. The minimum absolute atomic E-state index is 0.0926. The van der Waals surface area contributed by atoms with Gasteiger partial charge in [0.25, 0.3) is 0 Å². The number of hydrogen-bond acceptors (Lipinski definition) is 3. The van der Waals surface area contributed by atoms with Gasteiger partial charge >= 0.3 is 0 Å². The predicted octanol–water partition coefficient (Wildman–Crippen LogP) is 3.89. The Bertz CT molecular complexity index is 445. The van der Waals surface area contributed by atoms with Gasteiger partial charge in [0.15, 0.2) is 0 Å². The summed E-state index contributed by atoms with van der Waals surface area (Å²) in [6.07, 6.45) is 5.82. The summed E-state index contributed by atoms with van der Waals surface area (Å²) in [5.41, 5.74) is 1.77. The number of nitrogens with one attached hydrogen (secondary N) is 1. The van der Waals surface area contributed by atoms with E-state index in [9.17, 15) is 4.39 Å². The second-order valence-electron chi connectivity index (χ2n) is 6.13. The van der Waals surface area contributed by atoms with Crippen LogP contribution in [0, 0.1) is 5.82 Å². The molecule has 0 saturated carbocycles. The topological polar surface area (TPSA) is 24.5 Å². The van der Waals surface area contributed by atoms with Crippen molar-refractivity contribution in [2.45, 2.75) is 45.1 Å². The van der Waals surface area contributed by atoms with E-state index in [2.05, 4.69) is 23.2 Å². The lowest BCUT2D eigenvalue weighted by molar-refractivity contribution is 0.193. The van der Waals surface area contributed by atoms with Crippen LogP contribution in [0.4, 0.5) is 10.1 Å². The summed E-state index contributed by atoms with van der Waals surface area (Å²) >= 11 is 0. The fraction of sp³-hybridized carbons (Fsp3) is 0.667. The summed E-state index contributed by atoms with van der Waals surface area (Å²) in [5.74, 6) is -0.0926. The molecule has 0 aliphatic carbocycles. The minimum Gasteiger partial charge on any atom is -0.385 e. The van der Waals surface area contributed by atoms with Gasteiger partial charge in [0.1, 0.15) is 5.82 Å². The number of benzene rings is 1. The van der Waals surface area contributed by atoms with Gasteiger partial charge in [-0.25, -0.2) is 4.39 Å². The molecule has 1 N–H and O–H groups in total. The molecule has 1 fully saturated rings. The molecule has 0 aromatic heterocycles. The molecule has 0 radical (unpaired) electrons. The summed E-state index contributed by atoms with van der Waals surface area (Å²) in [7, 11) is 1.71. The Morgan fingerprint density at radius 2 is 1.95 bits per heavy atom. The third-order valence-corrected chi connectivity index (χ3v) is 4.39. The van der Waals surface area contributed by atoms with Gasteiger partial charge in [-0.2, -0.15) is 0 Å². The van der Waals surface area contributed by atoms with Crippen LogP contribution in [-0.4, -0.2) is 33.4 Å². The first kappa shape index (κ1) is 17.2. The van der Waals surface area contributed by atoms with Gasteiger partial charge in [0.05, 0.1) is 5.69 Å². The molecule has 1 aliphatic heterocycles. The molecule has 2 rings (SSSR count). The molecule has 1 atom stereocenters. The summed E-state index contributed by atoms with van der Waals surface area (Å²) < 4.78 is 19.5. The molecule has 1 aliphatic rings. The first-order valence-corrected chi connectivity index (χ1v) is 8.49. The quantitative estimate of drug-likeness (QED) is 0.773. The number of rotatable bonds is 7. The molecular weight excluding hydrogens is 279 g/mol. The lowest BCUT2D eigenvalue weighted by atomic mass is 10.1. The number of halogens is 1. The van der Waals surface area contributed by atoms with Crippen LogP contribution in [-0.2, 0) is 4.74 Å². The van der Waals surface area contributed by atoms with Crippen LogP contribution in [0.1, 0.15) is 50.6 Å². The summed E-state index contributed by atoms with van der Waals surface area (Å²) in [6.45, 7) is 5.65. The molecule has 4 heteroatoms. The number of anilines is 1. The highest BCUT2D eigenvalue weighted by molar-refractivity contribution is 5.49. The maximum Gasteiger partial charge on any atom is 0.146 e. The van der Waals surface area contributed by atoms with Crippen LogP contribution in [0.25, 0.3) is 0 Å². The van der Waals surface area contributed by atoms with Crippen molar-refractivity contribution in [1.29, 1.82) is 0 Å². The molecule has 124 valence electrons. The van der Waals surface area contributed by atoms with Crippen molar-refractivity contribution < 1.29 is 9.13 Å². The number of nitrogens with zero attached hydrogens (tertiary/aromatic N) is 1. The van der Waals surface area contributed by atoms with Crippen LogP contribution < -0.4 is 10.2 Å². The van der Waals surface area contributed by atoms with Crippen molar-refractivity contribution in [2.24, 2.45) is 0 Å². The van der Waals surface area contributed by atoms with Gasteiger partial charge in [0, 0.05) is 32.8 Å². The largest absolute Gasteiger partial charge is 0.385 e. The second-order valence-corrected chi connectivity index (χ2v) is 6.13. The van der Waals surface area contributed by atoms with E-state index in [0.29, 0.717) is 0 Å². The highest BCUT2D eigenvalue weighted by Crippen LogP contribution is 2.25. The average molecular weight is 308 g/mol. The molecule has 0 unspecified atom stereocenters. The van der Waals surface area contributed by atoms with Gasteiger partial charge in [-0.1, -0.05) is 18.9 Å². The Morgan fingerprint density at radius 3 is 2.59 bits per heavy atom. The molecule has 3 nitrogen and oxygen atoms in total. The zero-order chi connectivity index (χ0) is 15.8. The smallest absolute Gasteiger partial charge is 0.146 e. The van der Waals surface area contributed by atoms with E-state index in [1.165, 1.54) is 25.7 Å². The first-order valence-electron chi connectivity index (χ1n) is 8.49. The lowest BCUT2D eigenvalue weighted by Gasteiger charge is -2.24. The van der Waals surface area contributed by atoms with Crippen molar-refractivity contribution >= 4 is 5.69 Å². The second kappa shape index (κ2) is 9.11. The van der Waals surface area contributed by atoms with Crippen molar-refractivity contribution in [1.82, 2.24) is 5.32 Å². The highest BCUT2D eigenvalue weighted by atomic mass is 19.1. The average Bonchev–Trinajstić information content (AvgIpc) is 2.80. The van der Waals surface area contributed by atoms with Gasteiger partial charge < -0.3 is 15.0 Å². The molecule has 0 bridgehead atoms. The van der Waals surface area contributed by atoms with Gasteiger partial charge in [-0.15, -0.1) is 0 Å². The Morgan fingerprint density at radius 1 is 1.23 bits per heavy atom. The van der Waals surface area contributed by atoms with Crippen LogP contribution in [0.3, 0.4) is 0 Å². The normalized spacial score (nSPS) is 17.3. The number of hydrogen-bond donors (Lipinski definition) is 1. The first-order chi connectivity index (χ1) is 10.7. The molecule has 1 saturated heterocycles. The summed E-state index contributed by atoms with van der Waals surface area (Å²) in [6, 6.07) is 5.85. The monoisotopic (exact) mass is 308 g/mol. The highest BCUT2D eigenvalue weighted by Gasteiger charge is 2.15. The minimum atomic E-state index is -0.0926. The third kappa shape index (κ3) is 4.96. The van der Waals surface area contributed by atoms with Crippen LogP contribution in [0.2, 0.25) is 0 Å². The Kier molecular flexibility index (Phi) is 7.13. The van der Waals surface area contributed by atoms with E-state index in [-0.39, 0.29) is 11.9 Å². The maximum absolute atomic E-state index is 14.5. The van der Waals surface area contributed by atoms with Gasteiger partial charge in [-0.05, 0) is 50.4 Å². The number of methoxy groups -OCH3 is 1. The van der Waals surface area contributed by atoms with Crippen molar-refractivity contribution in [2.75, 3.05) is 38.3 Å². The molecule has 0 spiro atoms. The fourth-order valence-electron chi connectivity index (χ4n) is 3.01. The van der Waals surface area contributed by atoms with E-state index < -0.39 is 0 Å². The molecular formula is C18H29FN2O. The Balaban J connectivity index is 1.96. The maximum atomic E-state index is 14.5. The van der Waals surface area contributed by atoms with Crippen LogP contribution in [0.5, 0.6) is 0 Å². The summed E-state index contributed by atoms with van der Waals surface area (Å²) in [5, 5.41) is 3.41. The molecule has 0 amide bonds. The third-order valence-electron chi connectivity index (χ3n) is 4.39. The molecule has 22 heavy (non-hydrogen) atoms. The lowest BCUT2D eigenvalue weighted by Crippen LogP contribution is -2.25. The molecule has 1 heterocycles. The van der Waals surface area contributed by atoms with E-state index in [1.807, 2.05) is 6.07 Å². The van der Waals surface area contributed by atoms with Gasteiger partial charge in [-0.3, -0.25) is 0 Å². The zero-order valence-electron chi connectivity index (χ0n) is 13.9. The van der Waals surface area contributed by atoms with E-state index in [0.717, 1.165) is 43.9 Å². The van der Waals surface area contributed by atoms with Crippen LogP contribution >= 0.6 is 0 Å². The Hall–Kier alpha value is -1.13. The van der Waals surface area contributed by atoms with Crippen molar-refractivity contribution in [3.8, 4) is 0 Å². The van der Waals surface area contributed by atoms with Gasteiger partial charge in [0.2, 0.25) is 0 Å². The molecule has 1 aromatic rings. The van der Waals surface area contributed by atoms with Crippen LogP contribution in [0.15, 0.2) is 18.2 Å². The predicted molar refractivity (Wildman–Crippen MR) is 90.0 cm³/mol. The Labute approximate surface area is 133 Å². The fourth-order valence-corrected chi connectivity index (χ4v) is 3.01.